The second kappa shape index (κ2) is 25.8. The lowest BCUT2D eigenvalue weighted by molar-refractivity contribution is -0.172. The van der Waals surface area contributed by atoms with Gasteiger partial charge in [0.05, 0.1) is 61.2 Å². The molecule has 8 rings (SSSR count). The van der Waals surface area contributed by atoms with Crippen molar-refractivity contribution in [1.82, 2.24) is 51.3 Å². The minimum Gasteiger partial charge on any atom is -0.458 e. The molecule has 86 heavy (non-hydrogen) atoms. The molecule has 0 unspecified atom stereocenters. The first-order valence-corrected chi connectivity index (χ1v) is 28.4. The van der Waals surface area contributed by atoms with Gasteiger partial charge >= 0.3 is 19.9 Å². The Labute approximate surface area is 488 Å². The third-order valence-electron chi connectivity index (χ3n) is 14.4. The van der Waals surface area contributed by atoms with Crippen molar-refractivity contribution in [1.29, 1.82) is 0 Å². The van der Waals surface area contributed by atoms with Gasteiger partial charge in [-0.2, -0.15) is 0 Å². The quantitative estimate of drug-likeness (QED) is 0.0130. The molecule has 31 heteroatoms. The highest BCUT2D eigenvalue weighted by atomic mass is 31.2. The molecule has 5 heterocycles. The molecule has 0 spiro atoms. The molecule has 0 saturated carbocycles. The number of aliphatic hydroxyl groups is 1. The number of amides is 9. The van der Waals surface area contributed by atoms with Gasteiger partial charge in [-0.25, -0.2) is 23.5 Å². The van der Waals surface area contributed by atoms with E-state index < -0.39 is 154 Å². The van der Waals surface area contributed by atoms with Crippen molar-refractivity contribution >= 4 is 78.0 Å². The monoisotopic (exact) mass is 1220 g/mol. The summed E-state index contributed by atoms with van der Waals surface area (Å²) in [5.74, 6) is -8.65. The van der Waals surface area contributed by atoms with Crippen LogP contribution in [-0.2, 0) is 98.0 Å². The third-order valence-corrected chi connectivity index (χ3v) is 14.9. The molecule has 0 saturated heterocycles. The Morgan fingerprint density at radius 1 is 0.895 bits per heavy atom. The van der Waals surface area contributed by atoms with Gasteiger partial charge in [0, 0.05) is 41.2 Å². The number of hydrogen-bond acceptors (Lipinski definition) is 18. The topological polar surface area (TPSA) is 399 Å². The second-order valence-electron chi connectivity index (χ2n) is 21.4. The van der Waals surface area contributed by atoms with Crippen LogP contribution in [0.15, 0.2) is 59.4 Å². The summed E-state index contributed by atoms with van der Waals surface area (Å²) >= 11 is 0. The molecule has 9 amide bonds. The normalized spacial score (nSPS) is 17.3. The number of imide groups is 1. The van der Waals surface area contributed by atoms with Crippen molar-refractivity contribution in [3.05, 3.63) is 110 Å². The summed E-state index contributed by atoms with van der Waals surface area (Å²) in [6.07, 6.45) is 0.924. The average molecular weight is 1220 g/mol. The van der Waals surface area contributed by atoms with Crippen LogP contribution in [0.4, 0.5) is 9.18 Å². The number of benzene rings is 2. The maximum absolute atomic E-state index is 15.4. The van der Waals surface area contributed by atoms with Crippen LogP contribution in [0, 0.1) is 12.7 Å². The van der Waals surface area contributed by atoms with E-state index in [9.17, 15) is 72.2 Å². The van der Waals surface area contributed by atoms with Crippen molar-refractivity contribution in [2.45, 2.75) is 103 Å². The van der Waals surface area contributed by atoms with Crippen LogP contribution >= 0.6 is 7.82 Å². The lowest BCUT2D eigenvalue weighted by atomic mass is 9.81. The number of esters is 1. The number of phosphoric ester groups is 1. The predicted molar refractivity (Wildman–Crippen MR) is 294 cm³/mol. The van der Waals surface area contributed by atoms with Gasteiger partial charge in [0.2, 0.25) is 35.4 Å². The van der Waals surface area contributed by atoms with E-state index in [1.807, 2.05) is 0 Å². The molecule has 4 aliphatic rings. The Hall–Kier alpha value is -8.80. The fourth-order valence-electron chi connectivity index (χ4n) is 10.3. The van der Waals surface area contributed by atoms with E-state index in [0.29, 0.717) is 67.2 Å². The van der Waals surface area contributed by atoms with Crippen molar-refractivity contribution < 1.29 is 90.5 Å². The number of cyclic esters (lactones) is 1. The number of pyridine rings is 2. The first-order chi connectivity index (χ1) is 40.6. The highest BCUT2D eigenvalue weighted by molar-refractivity contribution is 7.46. The van der Waals surface area contributed by atoms with Crippen LogP contribution in [0.2, 0.25) is 0 Å². The predicted octanol–water partition coefficient (Wildman–Crippen LogP) is -0.605. The number of aryl methyl sites for hydroxylation is 1. The molecule has 4 aromatic rings. The summed E-state index contributed by atoms with van der Waals surface area (Å²) in [4.78, 5) is 169. The Bertz CT molecular complexity index is 3590. The number of nitrogens with zero attached hydrogens (tertiary/aromatic N) is 4. The summed E-state index contributed by atoms with van der Waals surface area (Å²) in [6.45, 7) is 1.93. The number of phosphoric acid groups is 1. The summed E-state index contributed by atoms with van der Waals surface area (Å²) in [6, 6.07) is 7.35. The maximum Gasteiger partial charge on any atom is 0.471 e. The molecule has 1 aliphatic carbocycles. The number of carbonyl (C=O) groups excluding carboxylic acids is 10. The Balaban J connectivity index is 0.838. The fourth-order valence-corrected chi connectivity index (χ4v) is 10.5. The van der Waals surface area contributed by atoms with E-state index in [-0.39, 0.29) is 42.6 Å². The van der Waals surface area contributed by atoms with E-state index in [1.54, 1.807) is 44.2 Å². The van der Waals surface area contributed by atoms with E-state index in [1.165, 1.54) is 37.5 Å². The molecule has 2 aromatic carbocycles. The Morgan fingerprint density at radius 3 is 2.22 bits per heavy atom. The van der Waals surface area contributed by atoms with Crippen molar-refractivity contribution in [3.63, 3.8) is 0 Å². The van der Waals surface area contributed by atoms with Crippen molar-refractivity contribution in [2.24, 2.45) is 0 Å². The lowest BCUT2D eigenvalue weighted by Crippen LogP contribution is -2.57. The first-order valence-electron chi connectivity index (χ1n) is 26.9. The highest BCUT2D eigenvalue weighted by Gasteiger charge is 2.46. The maximum atomic E-state index is 15.4. The number of halogens is 1. The molecule has 0 radical (unpaired) electrons. The molecular weight excluding hydrogens is 1150 g/mol. The zero-order valence-corrected chi connectivity index (χ0v) is 48.0. The molecule has 9 N–H and O–H groups in total. The first kappa shape index (κ1) is 63.2. The number of nitrogens with one attached hydrogen (secondary N) is 6. The number of fused-ring (bicyclic) bond motifs is 5. The van der Waals surface area contributed by atoms with Gasteiger partial charge in [0.25, 0.3) is 17.4 Å². The number of aromatic nitrogens is 2. The molecule has 3 aliphatic heterocycles. The Morgan fingerprint density at radius 2 is 1.56 bits per heavy atom. The van der Waals surface area contributed by atoms with Crippen molar-refractivity contribution in [2.75, 3.05) is 46.2 Å². The van der Waals surface area contributed by atoms with Crippen LogP contribution in [0.3, 0.4) is 0 Å². The third kappa shape index (κ3) is 14.3. The number of ether oxygens (including phenoxy) is 3. The zero-order valence-electron chi connectivity index (χ0n) is 47.1. The van der Waals surface area contributed by atoms with Crippen LogP contribution < -0.4 is 37.5 Å². The minimum atomic E-state index is -5.22. The van der Waals surface area contributed by atoms with Gasteiger partial charge in [-0.3, -0.25) is 57.5 Å². The summed E-state index contributed by atoms with van der Waals surface area (Å²) in [7, 11) is -5.22. The van der Waals surface area contributed by atoms with Gasteiger partial charge in [-0.15, -0.1) is 0 Å². The van der Waals surface area contributed by atoms with Crippen LogP contribution in [-0.4, -0.2) is 157 Å². The van der Waals surface area contributed by atoms with Crippen molar-refractivity contribution in [3.8, 4) is 11.4 Å². The number of hydrogen-bond donors (Lipinski definition) is 9. The fraction of sp³-hybridized carbons (Fsp3) is 0.418. The van der Waals surface area contributed by atoms with E-state index in [2.05, 4.69) is 36.4 Å². The lowest BCUT2D eigenvalue weighted by Gasteiger charge is -2.32. The largest absolute Gasteiger partial charge is 0.471 e. The highest BCUT2D eigenvalue weighted by Crippen LogP contribution is 2.46. The van der Waals surface area contributed by atoms with E-state index in [0.717, 1.165) is 12.2 Å². The summed E-state index contributed by atoms with van der Waals surface area (Å²) < 4.78 is 48.7. The van der Waals surface area contributed by atoms with Crippen LogP contribution in [0.1, 0.15) is 85.5 Å². The molecule has 29 nitrogen and oxygen atoms in total. The standard InChI is InChI=1S/C55H62FN10O19P/c1-6-55(78)33-17-38-48-31(22-65(38)51(75)32(33)24-83-52(55)76)47-35(13-12-30-28(2)34(56)18-36(63-48)46(30)47)61-43(70)25-82-26-60-41(68)20-58-49(73)37(16-29-10-8-7-9-11-29)62-42(69)21-57-40(67)19-59-50(74)39(66-44(71)14-15-45(66)72)23-64(27-84-86(79,80)81)53(77)85-54(3,4)5/h7-11,14-15,17-18,35,37,39,78H,6,12-13,16,19-27H2,1-5H3,(H,57,67)(H,58,73)(H,59,74)(H,60,68)(H,61,70)(H,62,69)(H2,79,80,81)/t35-,37-,39-,55-/m0/s1. The van der Waals surface area contributed by atoms with E-state index >= 15 is 4.39 Å². The minimum absolute atomic E-state index is 0.0167. The SMILES string of the molecule is CC[C@@]1(O)C(=O)OCc2c1cc1n(c2=O)Cc2c-1nc1cc(F)c(C)c3c1c2[C@@H](NC(=O)COCNC(=O)CNC(=O)[C@H](Cc1ccccc1)NC(=O)CNC(=O)CNC(=O)[C@H](CN(COP(=O)(O)O)C(=O)OC(C)(C)C)N1C(=O)C=CC1=O)CC3. The average Bonchev–Trinajstić information content (AvgIpc) is 1.46. The van der Waals surface area contributed by atoms with Crippen LogP contribution in [0.25, 0.3) is 22.3 Å². The molecule has 0 fully saturated rings. The van der Waals surface area contributed by atoms with Gasteiger partial charge in [-0.1, -0.05) is 37.3 Å². The van der Waals surface area contributed by atoms with Gasteiger partial charge in [0.1, 0.15) is 50.2 Å². The van der Waals surface area contributed by atoms with Gasteiger partial charge in [0.15, 0.2) is 5.60 Å². The summed E-state index contributed by atoms with van der Waals surface area (Å²) in [5, 5.41) is 26.7. The number of rotatable bonds is 23. The number of carbonyl (C=O) groups is 10. The van der Waals surface area contributed by atoms with E-state index in [4.69, 9.17) is 19.2 Å². The molecule has 2 aromatic heterocycles. The van der Waals surface area contributed by atoms with Crippen LogP contribution in [0.5, 0.6) is 0 Å². The molecule has 4 atom stereocenters. The molecule has 0 bridgehead atoms. The molecular formula is C55H62FN10O19P. The summed E-state index contributed by atoms with van der Waals surface area (Å²) in [5.41, 5.74) is 0.243. The van der Waals surface area contributed by atoms with Gasteiger partial charge in [-0.05, 0) is 75.3 Å². The zero-order chi connectivity index (χ0) is 62.6. The molecule has 458 valence electrons. The Kier molecular flexibility index (Phi) is 19.0. The second-order valence-corrected chi connectivity index (χ2v) is 22.7. The van der Waals surface area contributed by atoms with Gasteiger partial charge < -0.3 is 65.6 Å². The smallest absolute Gasteiger partial charge is 0.458 e.